The highest BCUT2D eigenvalue weighted by Crippen LogP contribution is 2.42. The Hall–Kier alpha value is -8.89. The lowest BCUT2D eigenvalue weighted by Gasteiger charge is -2.34. The molecule has 0 radical (unpaired) electrons. The number of halogens is 1. The van der Waals surface area contributed by atoms with E-state index in [-0.39, 0.29) is 47.6 Å². The third-order valence-electron chi connectivity index (χ3n) is 30.9. The van der Waals surface area contributed by atoms with Gasteiger partial charge in [0.05, 0.1) is 38.6 Å². The first kappa shape index (κ1) is 103. The molecule has 2 atom stereocenters. The van der Waals surface area contributed by atoms with Crippen molar-refractivity contribution >= 4 is 79.9 Å². The van der Waals surface area contributed by atoms with Gasteiger partial charge in [0.25, 0.3) is 0 Å². The van der Waals surface area contributed by atoms with Crippen LogP contribution >= 0.6 is 0 Å². The van der Waals surface area contributed by atoms with E-state index in [0.29, 0.717) is 119 Å². The zero-order chi connectivity index (χ0) is 95.3. The van der Waals surface area contributed by atoms with E-state index in [1.54, 1.807) is 6.07 Å². The maximum absolute atomic E-state index is 14.8. The quantitative estimate of drug-likeness (QED) is 0.0495. The number of hydrogen-bond donors (Lipinski definition) is 0. The van der Waals surface area contributed by atoms with Gasteiger partial charge in [-0.05, 0) is 295 Å². The Kier molecular flexibility index (Phi) is 37.0. The lowest BCUT2D eigenvalue weighted by Crippen LogP contribution is -2.43. The van der Waals surface area contributed by atoms with Gasteiger partial charge in [-0.2, -0.15) is 0 Å². The van der Waals surface area contributed by atoms with Crippen LogP contribution in [0.4, 0.5) is 14.0 Å². The standard InChI is InChI=1S/2C29H44N4O3.C27H41N3O.C26H38FN3O/c2*1-6-32(23-12-8-7-9-13-23)26(34)16-18-33-25-15-14-21(2)19-24(25)30-27(33)22-11-10-17-31(20-22)28(35)36-29(3,4)5;1-4-21-12-14-22(15-13-21)27-28-24-19-20(3)11-16-25(24)30(27)18-17-26(31)29(5-2)23-9-7-6-8-10-23;1-3-19-13-15-20(16-14-19)26-28-23-12-8-11-22(27)25(23)30(26)18-17-24(31)29(4-2)21-9-6-5-7-10-21/h2*14-15,19,22-23H,6-13,16-18,20H2,1-5H3;11,16,19,21-23H,4-10,12-15,17-18H2,1-3H3;8,11-12,19-21H,3-7,9-10,13-18H2,1-2H3. The highest BCUT2D eigenvalue weighted by atomic mass is 19.1. The first-order chi connectivity index (χ1) is 64.5. The molecule has 134 heavy (non-hydrogen) atoms. The Morgan fingerprint density at radius 2 is 0.642 bits per heavy atom. The molecule has 16 rings (SSSR count). The molecule has 2 aliphatic heterocycles. The second-order valence-electron chi connectivity index (χ2n) is 42.7. The van der Waals surface area contributed by atoms with Crippen molar-refractivity contribution in [1.29, 1.82) is 0 Å². The average molecular weight is 1840 g/mol. The highest BCUT2D eigenvalue weighted by molar-refractivity contribution is 5.83. The van der Waals surface area contributed by atoms with E-state index in [0.717, 1.165) is 172 Å². The summed E-state index contributed by atoms with van der Waals surface area (Å²) in [4.78, 5) is 111. The summed E-state index contributed by atoms with van der Waals surface area (Å²) in [5.74, 6) is 7.78. The molecule has 4 aromatic carbocycles. The maximum Gasteiger partial charge on any atom is 0.410 e. The molecule has 736 valence electrons. The summed E-state index contributed by atoms with van der Waals surface area (Å²) in [6.07, 6.45) is 41.6. The molecule has 23 heteroatoms. The van der Waals surface area contributed by atoms with Crippen LogP contribution in [0.2, 0.25) is 0 Å². The van der Waals surface area contributed by atoms with Crippen LogP contribution in [0.3, 0.4) is 0 Å². The molecular formula is C111H167FN14O8. The normalized spacial score (nSPS) is 21.0. The second-order valence-corrected chi connectivity index (χ2v) is 42.7. The number of ether oxygens (including phenoxy) is 2. The van der Waals surface area contributed by atoms with Crippen LogP contribution in [0.25, 0.3) is 44.1 Å². The maximum atomic E-state index is 14.8. The smallest absolute Gasteiger partial charge is 0.410 e. The molecule has 0 N–H and O–H groups in total. The van der Waals surface area contributed by atoms with Crippen molar-refractivity contribution in [1.82, 2.24) is 67.6 Å². The average Bonchev–Trinajstić information content (AvgIpc) is 1.67. The SMILES string of the molecule is CCC1CCC(c2nc3cc(C)ccc3n2CCC(=O)N(CC)C2CCCCC2)CC1.CCC1CCC(c2nc3cccc(F)c3n2CCC(=O)N(CC)C2CCCCC2)CC1.CCN(C(=O)CCn1c(C2CCCN(C(=O)OC(C)(C)C)C2)nc2cc(C)ccc21)C1CCCCC1.CCN(C(=O)CCn1c(C2CCCN(C(=O)OC(C)(C)C)C2)nc2cc(C)ccc21)C1CCCCC1. The van der Waals surface area contributed by atoms with Crippen molar-refractivity contribution in [2.45, 2.75) is 433 Å². The number of imidazole rings is 4. The summed E-state index contributed by atoms with van der Waals surface area (Å²) in [6.45, 7) is 38.9. The second kappa shape index (κ2) is 48.4. The van der Waals surface area contributed by atoms with Gasteiger partial charge < -0.3 is 57.1 Å². The van der Waals surface area contributed by atoms with Crippen LogP contribution in [0.15, 0.2) is 72.8 Å². The number of rotatable bonds is 26. The fraction of sp³-hybridized carbons (Fsp3) is 0.694. The van der Waals surface area contributed by atoms with E-state index in [4.69, 9.17) is 29.4 Å². The number of likely N-dealkylation sites (tertiary alicyclic amines) is 2. The molecule has 0 spiro atoms. The number of carbonyl (C=O) groups is 6. The number of aryl methyl sites for hydroxylation is 7. The van der Waals surface area contributed by atoms with Gasteiger partial charge in [0, 0.05) is 152 Å². The van der Waals surface area contributed by atoms with Gasteiger partial charge in [-0.1, -0.05) is 128 Å². The molecule has 8 fully saturated rings. The zero-order valence-electron chi connectivity index (χ0n) is 85.0. The van der Waals surface area contributed by atoms with Crippen molar-refractivity contribution in [2.24, 2.45) is 11.8 Å². The van der Waals surface area contributed by atoms with Crippen LogP contribution in [0.1, 0.15) is 391 Å². The number of amides is 6. The summed E-state index contributed by atoms with van der Waals surface area (Å²) < 4.78 is 35.0. The molecule has 6 amide bonds. The minimum atomic E-state index is -0.515. The number of piperidine rings is 2. The van der Waals surface area contributed by atoms with E-state index in [1.165, 1.54) is 175 Å². The van der Waals surface area contributed by atoms with Crippen LogP contribution in [0, 0.1) is 38.4 Å². The summed E-state index contributed by atoms with van der Waals surface area (Å²) in [5, 5.41) is 0. The lowest BCUT2D eigenvalue weighted by molar-refractivity contribution is -0.135. The molecule has 6 aliphatic carbocycles. The molecular weight excluding hydrogens is 1680 g/mol. The molecule has 8 aromatic rings. The summed E-state index contributed by atoms with van der Waals surface area (Å²) in [5.41, 5.74) is 10.2. The number of carbonyl (C=O) groups excluding carboxylic acids is 6. The molecule has 8 aliphatic rings. The zero-order valence-corrected chi connectivity index (χ0v) is 85.0. The van der Waals surface area contributed by atoms with Gasteiger partial charge in [0.1, 0.15) is 45.8 Å². The van der Waals surface area contributed by atoms with Gasteiger partial charge in [-0.3, -0.25) is 19.2 Å². The van der Waals surface area contributed by atoms with Gasteiger partial charge in [-0.25, -0.2) is 33.9 Å². The summed E-state index contributed by atoms with van der Waals surface area (Å²) >= 11 is 0. The number of para-hydroxylation sites is 1. The summed E-state index contributed by atoms with van der Waals surface area (Å²) in [7, 11) is 0. The van der Waals surface area contributed by atoms with Crippen LogP contribution < -0.4 is 0 Å². The molecule has 2 unspecified atom stereocenters. The lowest BCUT2D eigenvalue weighted by atomic mass is 9.80. The van der Waals surface area contributed by atoms with E-state index in [1.807, 2.05) is 62.0 Å². The van der Waals surface area contributed by atoms with Crippen molar-refractivity contribution in [3.05, 3.63) is 119 Å². The van der Waals surface area contributed by atoms with E-state index < -0.39 is 11.2 Å². The predicted molar refractivity (Wildman–Crippen MR) is 538 cm³/mol. The number of hydrogen-bond acceptors (Lipinski definition) is 12. The van der Waals surface area contributed by atoms with Gasteiger partial charge in [-0.15, -0.1) is 0 Å². The Morgan fingerprint density at radius 1 is 0.351 bits per heavy atom. The number of aromatic nitrogens is 8. The van der Waals surface area contributed by atoms with Crippen molar-refractivity contribution in [3.63, 3.8) is 0 Å². The summed E-state index contributed by atoms with van der Waals surface area (Å²) in [6, 6.07) is 26.1. The largest absolute Gasteiger partial charge is 0.444 e. The Balaban J connectivity index is 0.000000152. The van der Waals surface area contributed by atoms with Crippen LogP contribution in [-0.4, -0.2) is 191 Å². The van der Waals surface area contributed by atoms with Crippen LogP contribution in [0.5, 0.6) is 0 Å². The number of nitrogens with zero attached hydrogens (tertiary/aromatic N) is 14. The first-order valence-electron chi connectivity index (χ1n) is 53.2. The predicted octanol–water partition coefficient (Wildman–Crippen LogP) is 25.1. The molecule has 2 saturated heterocycles. The fourth-order valence-corrected chi connectivity index (χ4v) is 23.7. The van der Waals surface area contributed by atoms with Gasteiger partial charge in [0.2, 0.25) is 23.6 Å². The molecule has 6 heterocycles. The molecule has 0 bridgehead atoms. The highest BCUT2D eigenvalue weighted by Gasteiger charge is 2.38. The first-order valence-corrected chi connectivity index (χ1v) is 53.2. The van der Waals surface area contributed by atoms with Crippen molar-refractivity contribution in [3.8, 4) is 0 Å². The molecule has 22 nitrogen and oxygen atoms in total. The van der Waals surface area contributed by atoms with Crippen molar-refractivity contribution in [2.75, 3.05) is 52.4 Å². The molecule has 6 saturated carbocycles. The monoisotopic (exact) mass is 1840 g/mol. The van der Waals surface area contributed by atoms with Crippen molar-refractivity contribution < 1.29 is 42.6 Å². The third-order valence-corrected chi connectivity index (χ3v) is 30.9. The Morgan fingerprint density at radius 3 is 0.940 bits per heavy atom. The van der Waals surface area contributed by atoms with Crippen LogP contribution in [-0.2, 0) is 54.8 Å². The topological polar surface area (TPSA) is 212 Å². The minimum Gasteiger partial charge on any atom is -0.444 e. The number of benzene rings is 4. The van der Waals surface area contributed by atoms with E-state index >= 15 is 0 Å². The molecule has 4 aromatic heterocycles. The Labute approximate surface area is 801 Å². The number of fused-ring (bicyclic) bond motifs is 4. The minimum absolute atomic E-state index is 0.120. The third kappa shape index (κ3) is 26.7. The Bertz CT molecular complexity index is 4970. The van der Waals surface area contributed by atoms with Gasteiger partial charge >= 0.3 is 12.2 Å². The van der Waals surface area contributed by atoms with E-state index in [9.17, 15) is 33.2 Å². The van der Waals surface area contributed by atoms with E-state index in [2.05, 4.69) is 150 Å². The fourth-order valence-electron chi connectivity index (χ4n) is 23.7. The van der Waals surface area contributed by atoms with Gasteiger partial charge in [0.15, 0.2) is 0 Å².